The molecule has 0 saturated carbocycles. The van der Waals surface area contributed by atoms with Crippen molar-refractivity contribution in [1.82, 2.24) is 24.6 Å². The number of rotatable bonds is 8. The van der Waals surface area contributed by atoms with Crippen LogP contribution in [0.15, 0.2) is 53.7 Å². The third-order valence-electron chi connectivity index (χ3n) is 5.75. The highest BCUT2D eigenvalue weighted by Crippen LogP contribution is 2.28. The number of carbonyl (C=O) groups excluding carboxylic acids is 1. The molecule has 2 heterocycles. The Hall–Kier alpha value is -2.39. The summed E-state index contributed by atoms with van der Waals surface area (Å²) >= 11 is 7.77. The summed E-state index contributed by atoms with van der Waals surface area (Å²) in [7, 11) is 1.63. The van der Waals surface area contributed by atoms with Gasteiger partial charge >= 0.3 is 0 Å². The summed E-state index contributed by atoms with van der Waals surface area (Å²) in [6, 6.07) is 15.4. The summed E-state index contributed by atoms with van der Waals surface area (Å²) in [6.45, 7) is 6.88. The molecule has 2 aromatic carbocycles. The number of methoxy groups -OCH3 is 1. The number of ether oxygens (including phenoxy) is 1. The van der Waals surface area contributed by atoms with E-state index in [0.29, 0.717) is 23.2 Å². The first-order valence-electron chi connectivity index (χ1n) is 11.0. The molecule has 0 radical (unpaired) electrons. The Morgan fingerprint density at radius 3 is 2.61 bits per heavy atom. The molecule has 0 bridgehead atoms. The molecular formula is C24H28ClN5O2S. The predicted molar refractivity (Wildman–Crippen MR) is 131 cm³/mol. The van der Waals surface area contributed by atoms with Gasteiger partial charge in [-0.15, -0.1) is 10.2 Å². The van der Waals surface area contributed by atoms with E-state index in [1.807, 2.05) is 58.0 Å². The molecule has 33 heavy (non-hydrogen) atoms. The Kier molecular flexibility index (Phi) is 8.03. The summed E-state index contributed by atoms with van der Waals surface area (Å²) in [5.74, 6) is 1.39. The average Bonchev–Trinajstić information content (AvgIpc) is 3.25. The lowest BCUT2D eigenvalue weighted by Crippen LogP contribution is -2.48. The monoisotopic (exact) mass is 485 g/mol. The van der Waals surface area contributed by atoms with Gasteiger partial charge < -0.3 is 14.5 Å². The predicted octanol–water partition coefficient (Wildman–Crippen LogP) is 4.14. The summed E-state index contributed by atoms with van der Waals surface area (Å²) in [5.41, 5.74) is 2.61. The first kappa shape index (κ1) is 23.8. The number of nitrogens with zero attached hydrogens (tertiary/aromatic N) is 5. The van der Waals surface area contributed by atoms with E-state index in [9.17, 15) is 4.79 Å². The second kappa shape index (κ2) is 11.2. The number of hydrogen-bond acceptors (Lipinski definition) is 6. The minimum absolute atomic E-state index is 0.0957. The summed E-state index contributed by atoms with van der Waals surface area (Å²) < 4.78 is 7.26. The van der Waals surface area contributed by atoms with Crippen molar-refractivity contribution in [2.75, 3.05) is 39.8 Å². The summed E-state index contributed by atoms with van der Waals surface area (Å²) in [5, 5.41) is 10.1. The van der Waals surface area contributed by atoms with Crippen molar-refractivity contribution in [3.63, 3.8) is 0 Å². The molecule has 1 amide bonds. The Morgan fingerprint density at radius 1 is 1.09 bits per heavy atom. The standard InChI is InChI=1S/C24H28ClN5O2S/c1-3-28-11-13-29(14-12-28)23(31)21-10-5-4-7-18(21)17-33-24-27-26-22(16-32-2)30(24)20-9-6-8-19(25)15-20/h4-10,15H,3,11-14,16-17H2,1-2H3. The molecule has 0 N–H and O–H groups in total. The third-order valence-corrected chi connectivity index (χ3v) is 6.96. The van der Waals surface area contributed by atoms with Gasteiger partial charge in [-0.1, -0.05) is 54.6 Å². The Labute approximate surface area is 203 Å². The van der Waals surface area contributed by atoms with Crippen molar-refractivity contribution in [3.05, 3.63) is 70.5 Å². The zero-order chi connectivity index (χ0) is 23.2. The molecule has 1 aromatic heterocycles. The van der Waals surface area contributed by atoms with Crippen LogP contribution in [0.1, 0.15) is 28.7 Å². The van der Waals surface area contributed by atoms with Crippen molar-refractivity contribution in [2.24, 2.45) is 0 Å². The van der Waals surface area contributed by atoms with Gasteiger partial charge in [0.15, 0.2) is 11.0 Å². The third kappa shape index (κ3) is 5.58. The first-order valence-corrected chi connectivity index (χ1v) is 12.4. The van der Waals surface area contributed by atoms with Crippen LogP contribution < -0.4 is 0 Å². The number of halogens is 1. The molecule has 4 rings (SSSR count). The molecule has 174 valence electrons. The van der Waals surface area contributed by atoms with E-state index in [1.165, 1.54) is 0 Å². The van der Waals surface area contributed by atoms with E-state index in [4.69, 9.17) is 16.3 Å². The van der Waals surface area contributed by atoms with Crippen molar-refractivity contribution >= 4 is 29.3 Å². The van der Waals surface area contributed by atoms with Crippen molar-refractivity contribution in [3.8, 4) is 5.69 Å². The lowest BCUT2D eigenvalue weighted by molar-refractivity contribution is 0.0642. The maximum Gasteiger partial charge on any atom is 0.254 e. The Balaban J connectivity index is 1.54. The number of piperazine rings is 1. The highest BCUT2D eigenvalue weighted by molar-refractivity contribution is 7.98. The number of thioether (sulfide) groups is 1. The van der Waals surface area contributed by atoms with Crippen molar-refractivity contribution in [1.29, 1.82) is 0 Å². The quantitative estimate of drug-likeness (QED) is 0.447. The zero-order valence-electron chi connectivity index (χ0n) is 18.9. The highest BCUT2D eigenvalue weighted by atomic mass is 35.5. The first-order chi connectivity index (χ1) is 16.1. The zero-order valence-corrected chi connectivity index (χ0v) is 20.5. The normalized spacial score (nSPS) is 14.6. The number of hydrogen-bond donors (Lipinski definition) is 0. The molecule has 7 nitrogen and oxygen atoms in total. The summed E-state index contributed by atoms with van der Waals surface area (Å²) in [6.07, 6.45) is 0. The second-order valence-corrected chi connectivity index (χ2v) is 9.20. The van der Waals surface area contributed by atoms with Gasteiger partial charge in [-0.3, -0.25) is 9.36 Å². The molecular weight excluding hydrogens is 458 g/mol. The van der Waals surface area contributed by atoms with Gasteiger partial charge in [0, 0.05) is 49.6 Å². The van der Waals surface area contributed by atoms with Gasteiger partial charge in [0.1, 0.15) is 6.61 Å². The van der Waals surface area contributed by atoms with Crippen molar-refractivity contribution in [2.45, 2.75) is 24.4 Å². The fourth-order valence-corrected chi connectivity index (χ4v) is 5.08. The van der Waals surface area contributed by atoms with Crippen LogP contribution in [-0.4, -0.2) is 70.3 Å². The minimum Gasteiger partial charge on any atom is -0.377 e. The SMILES string of the molecule is CCN1CCN(C(=O)c2ccccc2CSc2nnc(COC)n2-c2cccc(Cl)c2)CC1. The number of amides is 1. The smallest absolute Gasteiger partial charge is 0.254 e. The second-order valence-electron chi connectivity index (χ2n) is 7.82. The molecule has 1 saturated heterocycles. The lowest BCUT2D eigenvalue weighted by Gasteiger charge is -2.34. The van der Waals surface area contributed by atoms with Crippen LogP contribution in [0.3, 0.4) is 0 Å². The molecule has 9 heteroatoms. The van der Waals surface area contributed by atoms with Gasteiger partial charge in [0.25, 0.3) is 5.91 Å². The summed E-state index contributed by atoms with van der Waals surface area (Å²) in [4.78, 5) is 17.6. The largest absolute Gasteiger partial charge is 0.377 e. The van der Waals surface area contributed by atoms with E-state index >= 15 is 0 Å². The topological polar surface area (TPSA) is 63.5 Å². The van der Waals surface area contributed by atoms with Gasteiger partial charge in [0.05, 0.1) is 5.69 Å². The number of aromatic nitrogens is 3. The maximum absolute atomic E-state index is 13.3. The van der Waals surface area contributed by atoms with Crippen LogP contribution in [0.2, 0.25) is 5.02 Å². The number of benzene rings is 2. The molecule has 1 aliphatic rings. The molecule has 3 aromatic rings. The van der Waals surface area contributed by atoms with E-state index in [0.717, 1.165) is 54.7 Å². The number of likely N-dealkylation sites (N-methyl/N-ethyl adjacent to an activating group) is 1. The minimum atomic E-state index is 0.0957. The molecule has 0 unspecified atom stereocenters. The molecule has 1 aliphatic heterocycles. The van der Waals surface area contributed by atoms with E-state index in [1.54, 1.807) is 18.9 Å². The molecule has 0 spiro atoms. The van der Waals surface area contributed by atoms with Crippen LogP contribution >= 0.6 is 23.4 Å². The van der Waals surface area contributed by atoms with Crippen LogP contribution in [0.4, 0.5) is 0 Å². The Bertz CT molecular complexity index is 1100. The Morgan fingerprint density at radius 2 is 1.88 bits per heavy atom. The lowest BCUT2D eigenvalue weighted by atomic mass is 10.1. The molecule has 1 fully saturated rings. The van der Waals surface area contributed by atoms with E-state index < -0.39 is 0 Å². The van der Waals surface area contributed by atoms with Gasteiger partial charge in [0.2, 0.25) is 0 Å². The number of carbonyl (C=O) groups is 1. The van der Waals surface area contributed by atoms with Gasteiger partial charge in [-0.25, -0.2) is 0 Å². The van der Waals surface area contributed by atoms with Crippen molar-refractivity contribution < 1.29 is 9.53 Å². The average molecular weight is 486 g/mol. The maximum atomic E-state index is 13.3. The van der Waals surface area contributed by atoms with Crippen LogP contribution in [0.5, 0.6) is 0 Å². The van der Waals surface area contributed by atoms with Gasteiger partial charge in [-0.2, -0.15) is 0 Å². The van der Waals surface area contributed by atoms with E-state index in [-0.39, 0.29) is 5.91 Å². The van der Waals surface area contributed by atoms with Gasteiger partial charge in [-0.05, 0) is 36.4 Å². The van der Waals surface area contributed by atoms with Crippen LogP contribution in [0.25, 0.3) is 5.69 Å². The molecule has 0 atom stereocenters. The fourth-order valence-electron chi connectivity index (χ4n) is 3.93. The van der Waals surface area contributed by atoms with Crippen LogP contribution in [0, 0.1) is 0 Å². The van der Waals surface area contributed by atoms with E-state index in [2.05, 4.69) is 22.0 Å². The fraction of sp³-hybridized carbons (Fsp3) is 0.375. The van der Waals surface area contributed by atoms with Crippen LogP contribution in [-0.2, 0) is 17.1 Å². The molecule has 0 aliphatic carbocycles. The highest BCUT2D eigenvalue weighted by Gasteiger charge is 2.23.